The van der Waals surface area contributed by atoms with E-state index in [0.717, 1.165) is 39.3 Å². The lowest BCUT2D eigenvalue weighted by atomic mass is 10.2. The third-order valence-corrected chi connectivity index (χ3v) is 4.08. The largest absolute Gasteiger partial charge is 0.383 e. The van der Waals surface area contributed by atoms with Crippen molar-refractivity contribution >= 4 is 11.3 Å². The number of ether oxygens (including phenoxy) is 1. The van der Waals surface area contributed by atoms with Crippen LogP contribution in [0.4, 0.5) is 0 Å². The molecule has 0 aliphatic heterocycles. The number of nitrogens with zero attached hydrogens (tertiary/aromatic N) is 1. The van der Waals surface area contributed by atoms with Gasteiger partial charge in [0.2, 0.25) is 0 Å². The molecule has 0 aromatic carbocycles. The molecule has 19 heavy (non-hydrogen) atoms. The molecule has 4 heteroatoms. The van der Waals surface area contributed by atoms with Crippen LogP contribution in [0.5, 0.6) is 0 Å². The summed E-state index contributed by atoms with van der Waals surface area (Å²) in [6.45, 7) is 12.7. The predicted molar refractivity (Wildman–Crippen MR) is 83.7 cm³/mol. The monoisotopic (exact) mass is 284 g/mol. The molecule has 0 aliphatic carbocycles. The number of rotatable bonds is 10. The second-order valence-corrected chi connectivity index (χ2v) is 6.51. The maximum atomic E-state index is 5.14. The second-order valence-electron chi connectivity index (χ2n) is 5.25. The number of hydrogen-bond donors (Lipinski definition) is 1. The Kier molecular flexibility index (Phi) is 8.30. The van der Waals surface area contributed by atoms with Crippen LogP contribution in [0.1, 0.15) is 30.5 Å². The Morgan fingerprint density at radius 3 is 2.68 bits per heavy atom. The normalized spacial score (nSPS) is 11.7. The van der Waals surface area contributed by atoms with Crippen LogP contribution >= 0.6 is 11.3 Å². The van der Waals surface area contributed by atoms with Crippen LogP contribution in [0.25, 0.3) is 0 Å². The van der Waals surface area contributed by atoms with Gasteiger partial charge in [0, 0.05) is 36.5 Å². The van der Waals surface area contributed by atoms with Gasteiger partial charge in [-0.2, -0.15) is 0 Å². The SMILES string of the molecule is CCN(CCOC)Cc1ccc(CNCC(C)C)s1. The highest BCUT2D eigenvalue weighted by Crippen LogP contribution is 2.18. The first-order chi connectivity index (χ1) is 9.15. The predicted octanol–water partition coefficient (Wildman–Crippen LogP) is 2.96. The minimum absolute atomic E-state index is 0.712. The molecule has 0 fully saturated rings. The fourth-order valence-electron chi connectivity index (χ4n) is 1.88. The van der Waals surface area contributed by atoms with Gasteiger partial charge in [0.15, 0.2) is 0 Å². The van der Waals surface area contributed by atoms with Crippen LogP contribution in [-0.2, 0) is 17.8 Å². The van der Waals surface area contributed by atoms with Crippen LogP contribution in [-0.4, -0.2) is 38.3 Å². The molecule has 0 bridgehead atoms. The number of methoxy groups -OCH3 is 1. The fourth-order valence-corrected chi connectivity index (χ4v) is 2.91. The minimum Gasteiger partial charge on any atom is -0.383 e. The van der Waals surface area contributed by atoms with Gasteiger partial charge in [-0.15, -0.1) is 11.3 Å². The zero-order valence-corrected chi connectivity index (χ0v) is 13.6. The summed E-state index contributed by atoms with van der Waals surface area (Å²) in [5.74, 6) is 0.712. The minimum atomic E-state index is 0.712. The number of nitrogens with one attached hydrogen (secondary N) is 1. The molecular weight excluding hydrogens is 256 g/mol. The molecule has 0 saturated heterocycles. The molecular formula is C15H28N2OS. The van der Waals surface area contributed by atoms with E-state index in [2.05, 4.69) is 43.1 Å². The molecule has 1 aromatic rings. The van der Waals surface area contributed by atoms with Crippen molar-refractivity contribution in [1.29, 1.82) is 0 Å². The van der Waals surface area contributed by atoms with Crippen LogP contribution in [0.2, 0.25) is 0 Å². The summed E-state index contributed by atoms with van der Waals surface area (Å²) in [6.07, 6.45) is 0. The first-order valence-corrected chi connectivity index (χ1v) is 7.97. The number of thiophene rings is 1. The Bertz CT molecular complexity index is 339. The van der Waals surface area contributed by atoms with E-state index < -0.39 is 0 Å². The molecule has 0 unspecified atom stereocenters. The van der Waals surface area contributed by atoms with Gasteiger partial charge in [-0.1, -0.05) is 20.8 Å². The van der Waals surface area contributed by atoms with Gasteiger partial charge in [0.1, 0.15) is 0 Å². The molecule has 1 rings (SSSR count). The molecule has 0 aliphatic rings. The van der Waals surface area contributed by atoms with Crippen molar-refractivity contribution in [1.82, 2.24) is 10.2 Å². The van der Waals surface area contributed by atoms with E-state index in [1.165, 1.54) is 9.75 Å². The van der Waals surface area contributed by atoms with Gasteiger partial charge in [-0.25, -0.2) is 0 Å². The third-order valence-electron chi connectivity index (χ3n) is 3.01. The molecule has 3 nitrogen and oxygen atoms in total. The van der Waals surface area contributed by atoms with Crippen LogP contribution in [0, 0.1) is 5.92 Å². The average Bonchev–Trinajstić information content (AvgIpc) is 2.81. The Morgan fingerprint density at radius 1 is 1.32 bits per heavy atom. The maximum Gasteiger partial charge on any atom is 0.0589 e. The first kappa shape index (κ1) is 16.6. The summed E-state index contributed by atoms with van der Waals surface area (Å²) in [6, 6.07) is 4.50. The van der Waals surface area contributed by atoms with Gasteiger partial charge in [0.25, 0.3) is 0 Å². The van der Waals surface area contributed by atoms with E-state index >= 15 is 0 Å². The highest BCUT2D eigenvalue weighted by molar-refractivity contribution is 7.11. The molecule has 0 radical (unpaired) electrons. The van der Waals surface area contributed by atoms with E-state index in [4.69, 9.17) is 4.74 Å². The summed E-state index contributed by atoms with van der Waals surface area (Å²) in [5, 5.41) is 3.49. The lowest BCUT2D eigenvalue weighted by Crippen LogP contribution is -2.26. The van der Waals surface area contributed by atoms with Crippen LogP contribution in [0.3, 0.4) is 0 Å². The molecule has 1 heterocycles. The quantitative estimate of drug-likeness (QED) is 0.715. The van der Waals surface area contributed by atoms with Crippen LogP contribution in [0.15, 0.2) is 12.1 Å². The third kappa shape index (κ3) is 7.06. The Labute approximate surface area is 122 Å². The van der Waals surface area contributed by atoms with E-state index in [-0.39, 0.29) is 0 Å². The lowest BCUT2D eigenvalue weighted by Gasteiger charge is -2.18. The van der Waals surface area contributed by atoms with Crippen molar-refractivity contribution in [2.24, 2.45) is 5.92 Å². The van der Waals surface area contributed by atoms with Crippen molar-refractivity contribution in [2.45, 2.75) is 33.9 Å². The van der Waals surface area contributed by atoms with Crippen molar-refractivity contribution < 1.29 is 4.74 Å². The second kappa shape index (κ2) is 9.48. The van der Waals surface area contributed by atoms with Crippen molar-refractivity contribution in [3.63, 3.8) is 0 Å². The van der Waals surface area contributed by atoms with E-state index in [1.54, 1.807) is 7.11 Å². The standard InChI is InChI=1S/C15H28N2OS/c1-5-17(8-9-18-4)12-15-7-6-14(19-15)11-16-10-13(2)3/h6-7,13,16H,5,8-12H2,1-4H3. The molecule has 0 saturated carbocycles. The summed E-state index contributed by atoms with van der Waals surface area (Å²) < 4.78 is 5.14. The summed E-state index contributed by atoms with van der Waals surface area (Å²) >= 11 is 1.92. The Balaban J connectivity index is 2.36. The van der Waals surface area contributed by atoms with Gasteiger partial charge >= 0.3 is 0 Å². The highest BCUT2D eigenvalue weighted by atomic mass is 32.1. The topological polar surface area (TPSA) is 24.5 Å². The van der Waals surface area contributed by atoms with E-state index in [1.807, 2.05) is 11.3 Å². The molecule has 0 spiro atoms. The molecule has 0 atom stereocenters. The van der Waals surface area contributed by atoms with Crippen molar-refractivity contribution in [3.8, 4) is 0 Å². The smallest absolute Gasteiger partial charge is 0.0589 e. The van der Waals surface area contributed by atoms with Crippen molar-refractivity contribution in [3.05, 3.63) is 21.9 Å². The molecule has 110 valence electrons. The Hall–Kier alpha value is -0.420. The van der Waals surface area contributed by atoms with Crippen molar-refractivity contribution in [2.75, 3.05) is 33.4 Å². The zero-order valence-electron chi connectivity index (χ0n) is 12.7. The summed E-state index contributed by atoms with van der Waals surface area (Å²) in [4.78, 5) is 5.29. The lowest BCUT2D eigenvalue weighted by molar-refractivity contribution is 0.148. The maximum absolute atomic E-state index is 5.14. The van der Waals surface area contributed by atoms with E-state index in [0.29, 0.717) is 5.92 Å². The summed E-state index contributed by atoms with van der Waals surface area (Å²) in [7, 11) is 1.76. The molecule has 1 aromatic heterocycles. The van der Waals surface area contributed by atoms with Gasteiger partial charge in [-0.3, -0.25) is 4.90 Å². The number of hydrogen-bond acceptors (Lipinski definition) is 4. The highest BCUT2D eigenvalue weighted by Gasteiger charge is 2.06. The fraction of sp³-hybridized carbons (Fsp3) is 0.733. The van der Waals surface area contributed by atoms with Gasteiger partial charge in [-0.05, 0) is 31.1 Å². The average molecular weight is 284 g/mol. The Morgan fingerprint density at radius 2 is 2.05 bits per heavy atom. The van der Waals surface area contributed by atoms with Gasteiger partial charge < -0.3 is 10.1 Å². The zero-order chi connectivity index (χ0) is 14.1. The molecule has 1 N–H and O–H groups in total. The summed E-state index contributed by atoms with van der Waals surface area (Å²) in [5.41, 5.74) is 0. The van der Waals surface area contributed by atoms with Crippen LogP contribution < -0.4 is 5.32 Å². The number of likely N-dealkylation sites (N-methyl/N-ethyl adjacent to an activating group) is 1. The van der Waals surface area contributed by atoms with Gasteiger partial charge in [0.05, 0.1) is 6.61 Å². The van der Waals surface area contributed by atoms with E-state index in [9.17, 15) is 0 Å². The molecule has 0 amide bonds. The first-order valence-electron chi connectivity index (χ1n) is 7.15.